The molecule has 4 N–H and O–H groups in total. The highest BCUT2D eigenvalue weighted by molar-refractivity contribution is 6.42. The molecule has 0 saturated heterocycles. The number of hydrogen-bond acceptors (Lipinski definition) is 7. The van der Waals surface area contributed by atoms with Gasteiger partial charge in [0.25, 0.3) is 11.5 Å². The number of carbonyl (C=O) groups excluding carboxylic acids is 2. The van der Waals surface area contributed by atoms with Crippen LogP contribution < -0.4 is 22.3 Å². The number of imidazole rings is 1. The number of amides is 1. The van der Waals surface area contributed by atoms with Crippen molar-refractivity contribution in [2.24, 2.45) is 18.7 Å². The number of primary amides is 1. The monoisotopic (exact) mass is 550 g/mol. The third-order valence-electron chi connectivity index (χ3n) is 6.49. The summed E-state index contributed by atoms with van der Waals surface area (Å²) in [7, 11) is 1.42. The number of carboxylic acid groups (broad SMARTS) is 1. The number of rotatable bonds is 8. The number of benzene rings is 1. The van der Waals surface area contributed by atoms with Gasteiger partial charge in [-0.05, 0) is 37.0 Å². The number of nitrogens with zero attached hydrogens (tertiary/aromatic N) is 4. The lowest BCUT2D eigenvalue weighted by atomic mass is 9.86. The Morgan fingerprint density at radius 2 is 1.89 bits per heavy atom. The van der Waals surface area contributed by atoms with Crippen molar-refractivity contribution in [3.8, 4) is 0 Å². The summed E-state index contributed by atoms with van der Waals surface area (Å²) < 4.78 is 3.32. The summed E-state index contributed by atoms with van der Waals surface area (Å²) in [6.07, 6.45) is 2.14. The molecule has 2 heterocycles. The van der Waals surface area contributed by atoms with Gasteiger partial charge >= 0.3 is 11.7 Å². The Morgan fingerprint density at radius 1 is 1.16 bits per heavy atom. The van der Waals surface area contributed by atoms with Crippen molar-refractivity contribution in [3.63, 3.8) is 0 Å². The van der Waals surface area contributed by atoms with Crippen LogP contribution in [0, 0.1) is 5.92 Å². The van der Waals surface area contributed by atoms with Gasteiger partial charge in [0.2, 0.25) is 11.7 Å². The molecule has 1 aliphatic carbocycles. The van der Waals surface area contributed by atoms with Crippen LogP contribution in [0.3, 0.4) is 0 Å². The number of anilines is 1. The summed E-state index contributed by atoms with van der Waals surface area (Å²) >= 11 is 12.0. The van der Waals surface area contributed by atoms with E-state index in [0.29, 0.717) is 36.3 Å². The lowest BCUT2D eigenvalue weighted by Gasteiger charge is -2.27. The zero-order valence-corrected chi connectivity index (χ0v) is 21.3. The number of Topliss-reactive ketones (excluding diaryl/α,β-unsaturated/α-hetero) is 1. The van der Waals surface area contributed by atoms with Gasteiger partial charge in [0, 0.05) is 13.1 Å². The van der Waals surface area contributed by atoms with Crippen LogP contribution in [0.4, 0.5) is 5.95 Å². The van der Waals surface area contributed by atoms with Gasteiger partial charge in [-0.25, -0.2) is 4.79 Å². The van der Waals surface area contributed by atoms with Gasteiger partial charge in [-0.3, -0.25) is 32.9 Å². The van der Waals surface area contributed by atoms with E-state index in [9.17, 15) is 29.1 Å². The third kappa shape index (κ3) is 5.25. The fourth-order valence-electron chi connectivity index (χ4n) is 4.54. The molecule has 12 nitrogen and oxygen atoms in total. The molecule has 196 valence electrons. The number of aryl methyl sites for hydroxylation is 1. The molecule has 2 unspecified atom stereocenters. The maximum absolute atomic E-state index is 13.6. The van der Waals surface area contributed by atoms with E-state index in [-0.39, 0.29) is 34.7 Å². The van der Waals surface area contributed by atoms with Crippen LogP contribution in [-0.4, -0.2) is 47.5 Å². The Bertz CT molecular complexity index is 1540. The Balaban J connectivity index is 1.84. The maximum Gasteiger partial charge on any atom is 0.332 e. The highest BCUT2D eigenvalue weighted by Gasteiger charge is 2.29. The number of aliphatic carboxylic acids is 1. The van der Waals surface area contributed by atoms with Crippen molar-refractivity contribution in [1.82, 2.24) is 18.7 Å². The maximum atomic E-state index is 13.6. The Labute approximate surface area is 219 Å². The number of fused-ring (bicyclic) bond motifs is 1. The molecule has 1 aromatic carbocycles. The zero-order chi connectivity index (χ0) is 27.0. The minimum absolute atomic E-state index is 0.00856. The molecule has 0 radical (unpaired) electrons. The predicted octanol–water partition coefficient (Wildman–Crippen LogP) is 1.36. The lowest BCUT2D eigenvalue weighted by Crippen LogP contribution is -2.40. The van der Waals surface area contributed by atoms with Crippen molar-refractivity contribution in [3.05, 3.63) is 54.6 Å². The van der Waals surface area contributed by atoms with Crippen molar-refractivity contribution < 1.29 is 19.5 Å². The largest absolute Gasteiger partial charge is 0.481 e. The van der Waals surface area contributed by atoms with E-state index in [1.165, 1.54) is 17.7 Å². The van der Waals surface area contributed by atoms with E-state index < -0.39 is 41.4 Å². The summed E-state index contributed by atoms with van der Waals surface area (Å²) in [5.74, 6) is -3.57. The topological polar surface area (TPSA) is 171 Å². The van der Waals surface area contributed by atoms with Gasteiger partial charge in [0.15, 0.2) is 11.2 Å². The average molecular weight is 551 g/mol. The second kappa shape index (κ2) is 10.4. The van der Waals surface area contributed by atoms with Crippen molar-refractivity contribution >= 4 is 58.0 Å². The second-order valence-electron chi connectivity index (χ2n) is 9.01. The van der Waals surface area contributed by atoms with E-state index in [0.717, 1.165) is 9.13 Å². The number of halogens is 2. The van der Waals surface area contributed by atoms with E-state index in [1.807, 2.05) is 0 Å². The molecule has 37 heavy (non-hydrogen) atoms. The minimum atomic E-state index is -1.20. The van der Waals surface area contributed by atoms with E-state index >= 15 is 0 Å². The van der Waals surface area contributed by atoms with Crippen LogP contribution in [0.1, 0.15) is 31.2 Å². The molecule has 1 amide bonds. The number of carboxylic acids is 1. The van der Waals surface area contributed by atoms with Crippen LogP contribution in [0.5, 0.6) is 0 Å². The Morgan fingerprint density at radius 3 is 2.54 bits per heavy atom. The molecule has 0 bridgehead atoms. The molecule has 3 aromatic rings. The van der Waals surface area contributed by atoms with Crippen LogP contribution in [0.25, 0.3) is 11.2 Å². The van der Waals surface area contributed by atoms with Gasteiger partial charge in [-0.2, -0.15) is 4.98 Å². The molecule has 2 aromatic heterocycles. The van der Waals surface area contributed by atoms with Crippen molar-refractivity contribution in [1.29, 1.82) is 0 Å². The number of ketones is 1. The Hall–Kier alpha value is -3.64. The summed E-state index contributed by atoms with van der Waals surface area (Å²) in [5, 5.41) is 13.1. The summed E-state index contributed by atoms with van der Waals surface area (Å²) in [4.78, 5) is 66.4. The average Bonchev–Trinajstić information content (AvgIpc) is 3.20. The standard InChI is InChI=1S/C23H24Cl2N6O6/c1-29-19-17(20(34)31(23(29)37)9-11-5-6-14(24)15(25)7-11)30(10-16(32)18(26)33)22(28-19)27-13-4-2-3-12(8-13)21(35)36/h5-7,12-13H,2-4,8-10H2,1H3,(H2,26,33)(H,27,28)(H,35,36). The highest BCUT2D eigenvalue weighted by Crippen LogP contribution is 2.28. The fourth-order valence-corrected chi connectivity index (χ4v) is 4.87. The highest BCUT2D eigenvalue weighted by atomic mass is 35.5. The molecular formula is C23H24Cl2N6O6. The number of nitrogens with one attached hydrogen (secondary N) is 1. The molecule has 2 atom stereocenters. The van der Waals surface area contributed by atoms with Gasteiger partial charge in [0.1, 0.15) is 0 Å². The van der Waals surface area contributed by atoms with Gasteiger partial charge in [-0.1, -0.05) is 35.7 Å². The molecule has 4 rings (SSSR count). The molecule has 0 aliphatic heterocycles. The quantitative estimate of drug-likeness (QED) is 0.352. The summed E-state index contributed by atoms with van der Waals surface area (Å²) in [6, 6.07) is 4.37. The van der Waals surface area contributed by atoms with E-state index in [2.05, 4.69) is 10.3 Å². The van der Waals surface area contributed by atoms with Gasteiger partial charge < -0.3 is 16.2 Å². The first kappa shape index (κ1) is 26.4. The van der Waals surface area contributed by atoms with E-state index in [4.69, 9.17) is 28.9 Å². The first-order valence-corrected chi connectivity index (χ1v) is 12.2. The Kier molecular flexibility index (Phi) is 7.42. The fraction of sp³-hybridized carbons (Fsp3) is 0.391. The summed E-state index contributed by atoms with van der Waals surface area (Å²) in [5.41, 5.74) is 4.19. The van der Waals surface area contributed by atoms with Crippen LogP contribution in [0.2, 0.25) is 10.0 Å². The number of nitrogens with two attached hydrogens (primary N) is 1. The van der Waals surface area contributed by atoms with Gasteiger partial charge in [0.05, 0.1) is 29.1 Å². The van der Waals surface area contributed by atoms with Crippen LogP contribution >= 0.6 is 23.2 Å². The number of hydrogen-bond donors (Lipinski definition) is 3. The number of aromatic nitrogens is 4. The van der Waals surface area contributed by atoms with Gasteiger partial charge in [-0.15, -0.1) is 0 Å². The lowest BCUT2D eigenvalue weighted by molar-refractivity contribution is -0.142. The smallest absolute Gasteiger partial charge is 0.332 e. The van der Waals surface area contributed by atoms with Crippen LogP contribution in [-0.2, 0) is 34.5 Å². The summed E-state index contributed by atoms with van der Waals surface area (Å²) in [6.45, 7) is -0.734. The molecule has 1 saturated carbocycles. The SMILES string of the molecule is Cn1c(=O)n(Cc2ccc(Cl)c(Cl)c2)c(=O)c2c1nc(NC1CCCC(C(=O)O)C1)n2CC(=O)C(N)=O. The van der Waals surface area contributed by atoms with E-state index in [1.54, 1.807) is 12.1 Å². The second-order valence-corrected chi connectivity index (χ2v) is 9.82. The minimum Gasteiger partial charge on any atom is -0.481 e. The van der Waals surface area contributed by atoms with Crippen molar-refractivity contribution in [2.75, 3.05) is 5.32 Å². The molecule has 14 heteroatoms. The molecule has 1 aliphatic rings. The first-order valence-electron chi connectivity index (χ1n) is 11.4. The number of carbonyl (C=O) groups is 3. The third-order valence-corrected chi connectivity index (χ3v) is 7.23. The molecule has 0 spiro atoms. The van der Waals surface area contributed by atoms with Crippen LogP contribution in [0.15, 0.2) is 27.8 Å². The normalized spacial score (nSPS) is 17.6. The molecular weight excluding hydrogens is 527 g/mol. The van der Waals surface area contributed by atoms with Crippen molar-refractivity contribution in [2.45, 2.75) is 44.8 Å². The predicted molar refractivity (Wildman–Crippen MR) is 136 cm³/mol. The first-order chi connectivity index (χ1) is 17.5. The molecule has 1 fully saturated rings. The zero-order valence-electron chi connectivity index (χ0n) is 19.7.